The molecule has 0 aromatic heterocycles. The lowest BCUT2D eigenvalue weighted by Crippen LogP contribution is -1.88. The van der Waals surface area contributed by atoms with E-state index in [1.165, 1.54) is 64.6 Å². The first-order valence-electron chi connectivity index (χ1n) is 7.26. The van der Waals surface area contributed by atoms with Gasteiger partial charge in [0, 0.05) is 6.92 Å². The fourth-order valence-electron chi connectivity index (χ4n) is 1.75. The van der Waals surface area contributed by atoms with Crippen molar-refractivity contribution in [3.63, 3.8) is 0 Å². The molecular weight excluding hydrogens is 224 g/mol. The molecular formula is C16H28O2. The number of unbranched alkanes of at least 4 members (excludes halogenated alkanes) is 8. The number of allylic oxidation sites excluding steroid dienone is 3. The van der Waals surface area contributed by atoms with Gasteiger partial charge in [0.1, 0.15) is 0 Å². The highest BCUT2D eigenvalue weighted by Crippen LogP contribution is 2.09. The van der Waals surface area contributed by atoms with Gasteiger partial charge in [0.25, 0.3) is 0 Å². The molecule has 18 heavy (non-hydrogen) atoms. The number of carbonyl (C=O) groups excluding carboxylic acids is 1. The maximum Gasteiger partial charge on any atom is 0.307 e. The molecule has 0 radical (unpaired) electrons. The number of carbonyl (C=O) groups is 1. The summed E-state index contributed by atoms with van der Waals surface area (Å²) < 4.78 is 4.66. The van der Waals surface area contributed by atoms with E-state index < -0.39 is 0 Å². The van der Waals surface area contributed by atoms with Crippen LogP contribution >= 0.6 is 0 Å². The molecule has 0 saturated heterocycles. The molecule has 0 spiro atoms. The third kappa shape index (κ3) is 14.9. The SMILES string of the molecule is CCCCCCCCCC/C=C\C=C/OC(C)=O. The van der Waals surface area contributed by atoms with Crippen molar-refractivity contribution < 1.29 is 9.53 Å². The highest BCUT2D eigenvalue weighted by Gasteiger charge is 1.90. The molecule has 104 valence electrons. The Morgan fingerprint density at radius 2 is 1.56 bits per heavy atom. The van der Waals surface area contributed by atoms with E-state index in [4.69, 9.17) is 0 Å². The van der Waals surface area contributed by atoms with E-state index in [9.17, 15) is 4.79 Å². The van der Waals surface area contributed by atoms with Gasteiger partial charge in [0.2, 0.25) is 0 Å². The van der Waals surface area contributed by atoms with Gasteiger partial charge in [0.05, 0.1) is 6.26 Å². The summed E-state index contributed by atoms with van der Waals surface area (Å²) in [7, 11) is 0. The molecule has 0 atom stereocenters. The fourth-order valence-corrected chi connectivity index (χ4v) is 1.75. The third-order valence-electron chi connectivity index (χ3n) is 2.78. The standard InChI is InChI=1S/C16H28O2/c1-3-4-5-6-7-8-9-10-11-12-13-14-15-18-16(2)17/h12-15H,3-11H2,1-2H3/b13-12-,15-14-. The van der Waals surface area contributed by atoms with Crippen molar-refractivity contribution in [2.75, 3.05) is 0 Å². The number of hydrogen-bond donors (Lipinski definition) is 0. The minimum atomic E-state index is -0.275. The Balaban J connectivity index is 3.17. The summed E-state index contributed by atoms with van der Waals surface area (Å²) in [4.78, 5) is 10.4. The van der Waals surface area contributed by atoms with Crippen molar-refractivity contribution >= 4 is 5.97 Å². The van der Waals surface area contributed by atoms with Crippen molar-refractivity contribution in [2.45, 2.75) is 71.6 Å². The predicted octanol–water partition coefficient (Wildman–Crippen LogP) is 5.15. The zero-order valence-corrected chi connectivity index (χ0v) is 12.0. The van der Waals surface area contributed by atoms with Crippen molar-refractivity contribution in [2.24, 2.45) is 0 Å². The maximum absolute atomic E-state index is 10.4. The summed E-state index contributed by atoms with van der Waals surface area (Å²) in [6.45, 7) is 3.65. The van der Waals surface area contributed by atoms with E-state index in [0.717, 1.165) is 6.42 Å². The summed E-state index contributed by atoms with van der Waals surface area (Å²) >= 11 is 0. The monoisotopic (exact) mass is 252 g/mol. The first-order chi connectivity index (χ1) is 8.77. The molecule has 0 bridgehead atoms. The van der Waals surface area contributed by atoms with Crippen LogP contribution in [0.25, 0.3) is 0 Å². The maximum atomic E-state index is 10.4. The molecule has 0 aromatic carbocycles. The van der Waals surface area contributed by atoms with Gasteiger partial charge in [-0.15, -0.1) is 0 Å². The Kier molecular flexibility index (Phi) is 13.2. The van der Waals surface area contributed by atoms with Crippen LogP contribution in [0, 0.1) is 0 Å². The molecule has 0 aliphatic rings. The molecule has 0 unspecified atom stereocenters. The van der Waals surface area contributed by atoms with Crippen LogP contribution in [0.2, 0.25) is 0 Å². The van der Waals surface area contributed by atoms with Crippen molar-refractivity contribution in [1.29, 1.82) is 0 Å². The summed E-state index contributed by atoms with van der Waals surface area (Å²) in [5.41, 5.74) is 0. The minimum absolute atomic E-state index is 0.275. The zero-order chi connectivity index (χ0) is 13.5. The lowest BCUT2D eigenvalue weighted by atomic mass is 10.1. The highest BCUT2D eigenvalue weighted by atomic mass is 16.5. The number of hydrogen-bond acceptors (Lipinski definition) is 2. The largest absolute Gasteiger partial charge is 0.435 e. The fraction of sp³-hybridized carbons (Fsp3) is 0.688. The van der Waals surface area contributed by atoms with Crippen LogP contribution in [0.15, 0.2) is 24.5 Å². The lowest BCUT2D eigenvalue weighted by molar-refractivity contribution is -0.135. The van der Waals surface area contributed by atoms with Crippen LogP contribution in [0.1, 0.15) is 71.6 Å². The molecule has 0 fully saturated rings. The number of rotatable bonds is 11. The van der Waals surface area contributed by atoms with E-state index >= 15 is 0 Å². The Morgan fingerprint density at radius 3 is 2.17 bits per heavy atom. The molecule has 2 nitrogen and oxygen atoms in total. The van der Waals surface area contributed by atoms with E-state index in [1.54, 1.807) is 6.08 Å². The second kappa shape index (κ2) is 14.0. The van der Waals surface area contributed by atoms with Gasteiger partial charge in [-0.2, -0.15) is 0 Å². The predicted molar refractivity (Wildman–Crippen MR) is 77.3 cm³/mol. The average Bonchev–Trinajstić information content (AvgIpc) is 2.34. The second-order valence-electron chi connectivity index (χ2n) is 4.63. The summed E-state index contributed by atoms with van der Waals surface area (Å²) in [5, 5.41) is 0. The Hall–Kier alpha value is -1.05. The Bertz CT molecular complexity index is 241. The van der Waals surface area contributed by atoms with E-state index in [1.807, 2.05) is 6.08 Å². The van der Waals surface area contributed by atoms with Crippen LogP contribution < -0.4 is 0 Å². The van der Waals surface area contributed by atoms with Gasteiger partial charge in [-0.25, -0.2) is 0 Å². The van der Waals surface area contributed by atoms with Crippen molar-refractivity contribution in [3.8, 4) is 0 Å². The molecule has 0 rings (SSSR count). The summed E-state index contributed by atoms with van der Waals surface area (Å²) in [5.74, 6) is -0.275. The van der Waals surface area contributed by atoms with E-state index in [0.29, 0.717) is 0 Å². The lowest BCUT2D eigenvalue weighted by Gasteiger charge is -1.99. The minimum Gasteiger partial charge on any atom is -0.435 e. The Labute approximate surface area is 112 Å². The molecule has 0 heterocycles. The second-order valence-corrected chi connectivity index (χ2v) is 4.63. The van der Waals surface area contributed by atoms with Gasteiger partial charge in [0.15, 0.2) is 0 Å². The summed E-state index contributed by atoms with van der Waals surface area (Å²) in [6, 6.07) is 0. The van der Waals surface area contributed by atoms with Gasteiger partial charge in [-0.3, -0.25) is 4.79 Å². The van der Waals surface area contributed by atoms with Crippen molar-refractivity contribution in [3.05, 3.63) is 24.5 Å². The van der Waals surface area contributed by atoms with Gasteiger partial charge < -0.3 is 4.74 Å². The molecule has 0 N–H and O–H groups in total. The van der Waals surface area contributed by atoms with Crippen LogP contribution in [-0.4, -0.2) is 5.97 Å². The smallest absolute Gasteiger partial charge is 0.307 e. The Morgan fingerprint density at radius 1 is 0.944 bits per heavy atom. The average molecular weight is 252 g/mol. The molecule has 0 amide bonds. The first-order valence-corrected chi connectivity index (χ1v) is 7.26. The van der Waals surface area contributed by atoms with Gasteiger partial charge >= 0.3 is 5.97 Å². The van der Waals surface area contributed by atoms with E-state index in [2.05, 4.69) is 17.7 Å². The van der Waals surface area contributed by atoms with Crippen LogP contribution in [-0.2, 0) is 9.53 Å². The summed E-state index contributed by atoms with van der Waals surface area (Å²) in [6.07, 6.45) is 19.2. The zero-order valence-electron chi connectivity index (χ0n) is 12.0. The van der Waals surface area contributed by atoms with Crippen LogP contribution in [0.5, 0.6) is 0 Å². The van der Waals surface area contributed by atoms with Gasteiger partial charge in [-0.05, 0) is 18.9 Å². The number of esters is 1. The molecule has 0 aliphatic carbocycles. The topological polar surface area (TPSA) is 26.3 Å². The molecule has 0 aromatic rings. The van der Waals surface area contributed by atoms with Crippen LogP contribution in [0.4, 0.5) is 0 Å². The highest BCUT2D eigenvalue weighted by molar-refractivity contribution is 5.66. The molecule has 0 saturated carbocycles. The molecule has 0 aliphatic heterocycles. The first kappa shape index (κ1) is 16.9. The number of ether oxygens (including phenoxy) is 1. The van der Waals surface area contributed by atoms with E-state index in [-0.39, 0.29) is 5.97 Å². The van der Waals surface area contributed by atoms with Crippen molar-refractivity contribution in [1.82, 2.24) is 0 Å². The third-order valence-corrected chi connectivity index (χ3v) is 2.78. The van der Waals surface area contributed by atoms with Gasteiger partial charge in [-0.1, -0.05) is 64.0 Å². The van der Waals surface area contributed by atoms with Crippen LogP contribution in [0.3, 0.4) is 0 Å². The normalized spacial score (nSPS) is 11.4. The quantitative estimate of drug-likeness (QED) is 0.220. The molecule has 2 heteroatoms.